The molecule has 42 heavy (non-hydrogen) atoms. The summed E-state index contributed by atoms with van der Waals surface area (Å²) in [4.78, 5) is 0. The smallest absolute Gasteiger partial charge is 0.358 e. The minimum absolute atomic E-state index is 0. The van der Waals surface area contributed by atoms with Gasteiger partial charge in [-0.25, -0.2) is 4.39 Å². The van der Waals surface area contributed by atoms with Crippen molar-refractivity contribution in [2.75, 3.05) is 12.5 Å². The van der Waals surface area contributed by atoms with Crippen LogP contribution in [0.3, 0.4) is 0 Å². The molecule has 0 aliphatic heterocycles. The first-order valence-electron chi connectivity index (χ1n) is 8.58. The van der Waals surface area contributed by atoms with Crippen LogP contribution < -0.4 is 0 Å². The van der Waals surface area contributed by atoms with E-state index in [0.29, 0.717) is 18.9 Å². The minimum Gasteiger partial charge on any atom is -0.358 e. The Morgan fingerprint density at radius 2 is 1.14 bits per heavy atom. The predicted molar refractivity (Wildman–Crippen MR) is 139 cm³/mol. The van der Waals surface area contributed by atoms with E-state index in [4.69, 9.17) is 118 Å². The van der Waals surface area contributed by atoms with Gasteiger partial charge in [0, 0.05) is 39.9 Å². The Kier molecular flexibility index (Phi) is 28.8. The third-order valence-corrected chi connectivity index (χ3v) is 7.45. The topological polar surface area (TPSA) is 18.5 Å². The summed E-state index contributed by atoms with van der Waals surface area (Å²) in [5, 5.41) is -16.4. The van der Waals surface area contributed by atoms with Gasteiger partial charge in [-0.15, -0.1) is 23.2 Å². The fourth-order valence-corrected chi connectivity index (χ4v) is 2.08. The van der Waals surface area contributed by atoms with Gasteiger partial charge < -0.3 is 4.74 Å². The van der Waals surface area contributed by atoms with E-state index >= 15 is 0 Å². The zero-order valence-corrected chi connectivity index (χ0v) is 31.1. The second-order valence-electron chi connectivity index (χ2n) is 5.99. The number of hydrogen-bond donors (Lipinski definition) is 0. The number of alkyl halides is 20. The van der Waals surface area contributed by atoms with Gasteiger partial charge in [0.05, 0.1) is 6.61 Å². The van der Waals surface area contributed by atoms with Crippen molar-refractivity contribution in [2.24, 2.45) is 0 Å². The Labute approximate surface area is 302 Å². The molecule has 0 heterocycles. The molecular formula is C15H10Cl12F12O2Zn. The fraction of sp³-hybridized carbons (Fsp3) is 0.800. The van der Waals surface area contributed by atoms with Crippen molar-refractivity contribution in [1.82, 2.24) is 0 Å². The Morgan fingerprint density at radius 3 is 1.38 bits per heavy atom. The van der Waals surface area contributed by atoms with E-state index in [1.807, 2.05) is 0 Å². The molecule has 4 unspecified atom stereocenters. The number of rotatable bonds is 10. The van der Waals surface area contributed by atoms with Gasteiger partial charge in [-0.2, -0.15) is 39.5 Å². The Hall–Kier alpha value is 2.70. The standard InChI is InChI=1S/C6Cl6F8O.C6H8Cl6O.C3H2F2.F2.Zn/c7-1(13,4(11,16)17)2(14,15)6(19,20)21-5(12,18)3(8,9)10;7-3-4(8)1-2-13-5(9)6(10,11)12;1-2-3(4)5;1-2;/h;4-5H,1-3H2;1H2;;. The first-order valence-corrected chi connectivity index (χ1v) is 13.4. The minimum atomic E-state index is -6.59. The van der Waals surface area contributed by atoms with E-state index < -0.39 is 47.1 Å². The summed E-state index contributed by atoms with van der Waals surface area (Å²) < 4.78 is 143. The van der Waals surface area contributed by atoms with Crippen molar-refractivity contribution in [2.45, 2.75) is 52.8 Å². The Bertz CT molecular complexity index is 787. The monoisotopic (exact) mass is 934 g/mol. The molecule has 0 aliphatic carbocycles. The summed E-state index contributed by atoms with van der Waals surface area (Å²) in [6, 6.07) is 0. The summed E-state index contributed by atoms with van der Waals surface area (Å²) in [7, 11) is 0. The van der Waals surface area contributed by atoms with E-state index in [1.54, 1.807) is 0 Å². The maximum absolute atomic E-state index is 13.3. The maximum atomic E-state index is 13.3. The van der Waals surface area contributed by atoms with Gasteiger partial charge in [-0.05, 0) is 29.6 Å². The first-order chi connectivity index (χ1) is 17.9. The molecular weight excluding hydrogens is 931 g/mol. The maximum Gasteiger partial charge on any atom is 0.428 e. The second-order valence-corrected chi connectivity index (χ2v) is 13.4. The molecule has 0 aliphatic rings. The zero-order valence-electron chi connectivity index (χ0n) is 19.1. The molecule has 0 rings (SSSR count). The van der Waals surface area contributed by atoms with Crippen LogP contribution in [0.2, 0.25) is 0 Å². The van der Waals surface area contributed by atoms with Crippen LogP contribution in [0, 0.1) is 0 Å². The molecule has 2 nitrogen and oxygen atoms in total. The van der Waals surface area contributed by atoms with Gasteiger partial charge in [0.25, 0.3) is 3.79 Å². The van der Waals surface area contributed by atoms with Gasteiger partial charge >= 0.3 is 33.9 Å². The van der Waals surface area contributed by atoms with Gasteiger partial charge in [0.15, 0.2) is 5.56 Å². The molecule has 27 heteroatoms. The van der Waals surface area contributed by atoms with Crippen LogP contribution in [-0.4, -0.2) is 58.9 Å². The molecule has 0 saturated heterocycles. The third kappa shape index (κ3) is 20.2. The molecule has 252 valence electrons. The summed E-state index contributed by atoms with van der Waals surface area (Å²) in [5.74, 6) is -6.24. The van der Waals surface area contributed by atoms with Gasteiger partial charge in [0.2, 0.25) is 3.79 Å². The SMILES string of the molecule is C=C=C(F)F.ClCC(Cl)CCOC(Cl)C(Cl)(Cl)Cl.FC(F)(Cl)C(F)(Cl)C(F)(F)C(F)(F)OC(F)(Cl)C(Cl)(Cl)Cl.FF.[Zn]. The first kappa shape index (κ1) is 54.2. The van der Waals surface area contributed by atoms with Crippen molar-refractivity contribution in [1.29, 1.82) is 0 Å². The van der Waals surface area contributed by atoms with E-state index in [0.717, 1.165) is 0 Å². The molecule has 0 fully saturated rings. The summed E-state index contributed by atoms with van der Waals surface area (Å²) >= 11 is 59.6. The van der Waals surface area contributed by atoms with Crippen LogP contribution in [0.25, 0.3) is 0 Å². The van der Waals surface area contributed by atoms with Gasteiger partial charge in [-0.1, -0.05) is 105 Å². The third-order valence-electron chi connectivity index (χ3n) is 2.96. The van der Waals surface area contributed by atoms with E-state index in [2.05, 4.69) is 46.1 Å². The van der Waals surface area contributed by atoms with Crippen molar-refractivity contribution in [3.63, 3.8) is 0 Å². The molecule has 0 aromatic rings. The van der Waals surface area contributed by atoms with Gasteiger partial charge in [-0.3, -0.25) is 4.74 Å². The summed E-state index contributed by atoms with van der Waals surface area (Å²) in [6.07, 6.45) is -7.68. The van der Waals surface area contributed by atoms with E-state index in [1.165, 1.54) is 5.73 Å². The number of ether oxygens (including phenoxy) is 2. The van der Waals surface area contributed by atoms with Crippen LogP contribution in [0.4, 0.5) is 53.1 Å². The zero-order chi connectivity index (χ0) is 34.5. The average molecular weight is 941 g/mol. The molecule has 0 spiro atoms. The van der Waals surface area contributed by atoms with Gasteiger partial charge in [0.1, 0.15) is 0 Å². The number of halogens is 24. The summed E-state index contributed by atoms with van der Waals surface area (Å²) in [6.45, 7) is 2.96. The molecule has 0 aromatic carbocycles. The van der Waals surface area contributed by atoms with E-state index in [9.17, 15) is 43.9 Å². The molecule has 0 N–H and O–H groups in total. The molecule has 0 bridgehead atoms. The van der Waals surface area contributed by atoms with Crippen LogP contribution in [0.5, 0.6) is 0 Å². The summed E-state index contributed by atoms with van der Waals surface area (Å²) in [5.41, 5.74) is 0.386. The predicted octanol–water partition coefficient (Wildman–Crippen LogP) is 12.8. The van der Waals surface area contributed by atoms with E-state index in [-0.39, 0.29) is 24.9 Å². The van der Waals surface area contributed by atoms with Crippen molar-refractivity contribution in [3.05, 3.63) is 18.4 Å². The Morgan fingerprint density at radius 1 is 0.786 bits per heavy atom. The van der Waals surface area contributed by atoms with Crippen molar-refractivity contribution in [3.8, 4) is 0 Å². The molecule has 0 aromatic heterocycles. The Balaban J connectivity index is -0.000000185. The second kappa shape index (κ2) is 22.4. The van der Waals surface area contributed by atoms with Crippen LogP contribution in [0.15, 0.2) is 18.4 Å². The quantitative estimate of drug-likeness (QED) is 0.0940. The average Bonchev–Trinajstić information content (AvgIpc) is 2.77. The van der Waals surface area contributed by atoms with Crippen molar-refractivity contribution >= 4 is 139 Å². The van der Waals surface area contributed by atoms with Crippen LogP contribution >= 0.6 is 139 Å². The van der Waals surface area contributed by atoms with Crippen molar-refractivity contribution < 1.29 is 82.0 Å². The molecule has 4 atom stereocenters. The largest absolute Gasteiger partial charge is 0.428 e. The van der Waals surface area contributed by atoms with Crippen LogP contribution in [0.1, 0.15) is 6.42 Å². The molecule has 0 radical (unpaired) electrons. The fourth-order valence-electron chi connectivity index (χ4n) is 1.11. The molecule has 0 amide bonds. The molecule has 0 saturated carbocycles. The van der Waals surface area contributed by atoms with Crippen LogP contribution in [-0.2, 0) is 29.0 Å². The normalized spacial score (nSPS) is 16.6. The number of hydrogen-bond acceptors (Lipinski definition) is 2.